The molecule has 0 aliphatic rings. The third-order valence-corrected chi connectivity index (χ3v) is 2.25. The number of aromatic nitrogens is 1. The van der Waals surface area contributed by atoms with Crippen molar-refractivity contribution in [1.29, 1.82) is 5.26 Å². The summed E-state index contributed by atoms with van der Waals surface area (Å²) in [6, 6.07) is 6.39. The summed E-state index contributed by atoms with van der Waals surface area (Å²) in [5.41, 5.74) is -0.574. The van der Waals surface area contributed by atoms with Gasteiger partial charge in [-0.2, -0.15) is 5.26 Å². The molecule has 78 valence electrons. The van der Waals surface area contributed by atoms with Crippen molar-refractivity contribution in [2.45, 2.75) is 0 Å². The number of hydrogen-bond donors (Lipinski definition) is 1. The summed E-state index contributed by atoms with van der Waals surface area (Å²) in [7, 11) is 0. The first-order valence-corrected chi connectivity index (χ1v) is 4.43. The molecule has 0 aliphatic carbocycles. The van der Waals surface area contributed by atoms with E-state index in [0.717, 1.165) is 10.8 Å². The Balaban J connectivity index is 3.02. The van der Waals surface area contributed by atoms with Crippen LogP contribution >= 0.6 is 0 Å². The number of nitrogens with zero attached hydrogens (tertiary/aromatic N) is 2. The van der Waals surface area contributed by atoms with Crippen molar-refractivity contribution >= 4 is 16.9 Å². The van der Waals surface area contributed by atoms with Crippen molar-refractivity contribution in [3.8, 4) is 6.19 Å². The maximum absolute atomic E-state index is 11.7. The SMILES string of the molecule is N#Cn1cc(C(=O)O)c(=O)c2ccccc21. The second-order valence-corrected chi connectivity index (χ2v) is 3.16. The van der Waals surface area contributed by atoms with Gasteiger partial charge in [0.15, 0.2) is 6.19 Å². The van der Waals surface area contributed by atoms with Crippen LogP contribution in [0.2, 0.25) is 0 Å². The van der Waals surface area contributed by atoms with Gasteiger partial charge in [0.1, 0.15) is 5.56 Å². The molecule has 5 heteroatoms. The average Bonchev–Trinajstić information content (AvgIpc) is 2.29. The smallest absolute Gasteiger partial charge is 0.341 e. The van der Waals surface area contributed by atoms with Crippen LogP contribution in [0.5, 0.6) is 0 Å². The highest BCUT2D eigenvalue weighted by Gasteiger charge is 2.13. The number of fused-ring (bicyclic) bond motifs is 1. The van der Waals surface area contributed by atoms with Gasteiger partial charge in [0.25, 0.3) is 0 Å². The van der Waals surface area contributed by atoms with Crippen molar-refractivity contribution in [1.82, 2.24) is 4.57 Å². The van der Waals surface area contributed by atoms with Crippen molar-refractivity contribution in [2.24, 2.45) is 0 Å². The predicted molar refractivity (Wildman–Crippen MR) is 56.2 cm³/mol. The minimum atomic E-state index is -1.33. The molecule has 0 bridgehead atoms. The summed E-state index contributed by atoms with van der Waals surface area (Å²) in [4.78, 5) is 22.5. The number of hydrogen-bond acceptors (Lipinski definition) is 3. The standard InChI is InChI=1S/C11H6N2O3/c12-6-13-5-8(11(15)16)10(14)7-3-1-2-4-9(7)13/h1-5H,(H,15,16). The summed E-state index contributed by atoms with van der Waals surface area (Å²) in [5, 5.41) is 17.9. The van der Waals surface area contributed by atoms with Gasteiger partial charge in [0.05, 0.1) is 5.52 Å². The number of pyridine rings is 1. The number of carboxylic acids is 1. The first-order valence-electron chi connectivity index (χ1n) is 4.43. The van der Waals surface area contributed by atoms with Gasteiger partial charge < -0.3 is 5.11 Å². The molecular formula is C11H6N2O3. The number of carbonyl (C=O) groups is 1. The molecule has 1 aromatic heterocycles. The zero-order chi connectivity index (χ0) is 11.7. The van der Waals surface area contributed by atoms with E-state index in [-0.39, 0.29) is 5.39 Å². The predicted octanol–water partition coefficient (Wildman–Crippen LogP) is 1.03. The zero-order valence-corrected chi connectivity index (χ0v) is 8.04. The summed E-state index contributed by atoms with van der Waals surface area (Å²) in [5.74, 6) is -1.33. The fraction of sp³-hybridized carbons (Fsp3) is 0. The molecule has 0 spiro atoms. The lowest BCUT2D eigenvalue weighted by atomic mass is 10.1. The van der Waals surface area contributed by atoms with E-state index in [9.17, 15) is 9.59 Å². The summed E-state index contributed by atoms with van der Waals surface area (Å²) in [6.45, 7) is 0. The molecule has 0 saturated carbocycles. The van der Waals surface area contributed by atoms with Crippen LogP contribution < -0.4 is 5.43 Å². The molecule has 0 amide bonds. The summed E-state index contributed by atoms with van der Waals surface area (Å²) >= 11 is 0. The van der Waals surface area contributed by atoms with Gasteiger partial charge in [-0.3, -0.25) is 9.36 Å². The molecule has 0 atom stereocenters. The Morgan fingerprint density at radius 2 is 2.06 bits per heavy atom. The quantitative estimate of drug-likeness (QED) is 0.768. The number of para-hydroxylation sites is 1. The van der Waals surface area contributed by atoms with E-state index in [0.29, 0.717) is 5.52 Å². The maximum atomic E-state index is 11.7. The van der Waals surface area contributed by atoms with E-state index in [2.05, 4.69) is 0 Å². The number of carboxylic acid groups (broad SMARTS) is 1. The largest absolute Gasteiger partial charge is 0.477 e. The monoisotopic (exact) mass is 214 g/mol. The molecule has 0 fully saturated rings. The molecule has 5 nitrogen and oxygen atoms in total. The van der Waals surface area contributed by atoms with Gasteiger partial charge in [0, 0.05) is 11.6 Å². The Kier molecular flexibility index (Phi) is 2.18. The Hall–Kier alpha value is -2.61. The molecule has 2 aromatic rings. The zero-order valence-electron chi connectivity index (χ0n) is 8.04. The third-order valence-electron chi connectivity index (χ3n) is 2.25. The van der Waals surface area contributed by atoms with Crippen LogP contribution in [0.25, 0.3) is 10.9 Å². The molecule has 1 N–H and O–H groups in total. The third kappa shape index (κ3) is 1.33. The fourth-order valence-electron chi connectivity index (χ4n) is 1.51. The molecule has 0 unspecified atom stereocenters. The van der Waals surface area contributed by atoms with Crippen molar-refractivity contribution in [3.05, 3.63) is 46.2 Å². The number of aromatic carboxylic acids is 1. The van der Waals surface area contributed by atoms with E-state index >= 15 is 0 Å². The molecule has 0 saturated heterocycles. The molecular weight excluding hydrogens is 208 g/mol. The molecule has 0 aliphatic heterocycles. The van der Waals surface area contributed by atoms with Crippen LogP contribution in [-0.2, 0) is 0 Å². The second-order valence-electron chi connectivity index (χ2n) is 3.16. The van der Waals surface area contributed by atoms with Crippen LogP contribution in [0.15, 0.2) is 35.3 Å². The van der Waals surface area contributed by atoms with Crippen LogP contribution in [0.4, 0.5) is 0 Å². The normalized spacial score (nSPS) is 9.94. The lowest BCUT2D eigenvalue weighted by molar-refractivity contribution is 0.0695. The van der Waals surface area contributed by atoms with Gasteiger partial charge in [-0.1, -0.05) is 12.1 Å². The van der Waals surface area contributed by atoms with E-state index < -0.39 is 17.0 Å². The van der Waals surface area contributed by atoms with E-state index in [1.54, 1.807) is 24.4 Å². The Morgan fingerprint density at radius 3 is 2.69 bits per heavy atom. The molecule has 0 radical (unpaired) electrons. The van der Waals surface area contributed by atoms with Gasteiger partial charge in [-0.05, 0) is 12.1 Å². The van der Waals surface area contributed by atoms with Crippen LogP contribution in [0, 0.1) is 11.5 Å². The van der Waals surface area contributed by atoms with E-state index in [4.69, 9.17) is 10.4 Å². The Bertz CT molecular complexity index is 680. The summed E-state index contributed by atoms with van der Waals surface area (Å²) in [6.07, 6.45) is 2.84. The average molecular weight is 214 g/mol. The van der Waals surface area contributed by atoms with E-state index in [1.807, 2.05) is 0 Å². The topological polar surface area (TPSA) is 83.1 Å². The second kappa shape index (κ2) is 3.51. The first kappa shape index (κ1) is 9.93. The van der Waals surface area contributed by atoms with Crippen LogP contribution in [0.3, 0.4) is 0 Å². The van der Waals surface area contributed by atoms with Crippen LogP contribution in [-0.4, -0.2) is 15.6 Å². The molecule has 1 aromatic carbocycles. The van der Waals surface area contributed by atoms with Crippen LogP contribution in [0.1, 0.15) is 10.4 Å². The highest BCUT2D eigenvalue weighted by atomic mass is 16.4. The molecule has 1 heterocycles. The highest BCUT2D eigenvalue weighted by molar-refractivity contribution is 5.92. The maximum Gasteiger partial charge on any atom is 0.341 e. The van der Waals surface area contributed by atoms with Crippen molar-refractivity contribution in [3.63, 3.8) is 0 Å². The number of rotatable bonds is 1. The molecule has 16 heavy (non-hydrogen) atoms. The van der Waals surface area contributed by atoms with Gasteiger partial charge in [-0.15, -0.1) is 0 Å². The van der Waals surface area contributed by atoms with Crippen molar-refractivity contribution in [2.75, 3.05) is 0 Å². The van der Waals surface area contributed by atoms with E-state index in [1.165, 1.54) is 6.07 Å². The fourth-order valence-corrected chi connectivity index (χ4v) is 1.51. The highest BCUT2D eigenvalue weighted by Crippen LogP contribution is 2.10. The number of benzene rings is 1. The Labute approximate surface area is 89.8 Å². The van der Waals surface area contributed by atoms with Gasteiger partial charge in [0.2, 0.25) is 5.43 Å². The minimum Gasteiger partial charge on any atom is -0.477 e. The van der Waals surface area contributed by atoms with Gasteiger partial charge in [-0.25, -0.2) is 4.79 Å². The van der Waals surface area contributed by atoms with Gasteiger partial charge >= 0.3 is 5.97 Å². The lowest BCUT2D eigenvalue weighted by Crippen LogP contribution is -2.17. The lowest BCUT2D eigenvalue weighted by Gasteiger charge is -2.03. The Morgan fingerprint density at radius 1 is 1.38 bits per heavy atom. The first-order chi connectivity index (χ1) is 7.65. The minimum absolute atomic E-state index is 0.226. The van der Waals surface area contributed by atoms with Crippen molar-refractivity contribution < 1.29 is 9.90 Å². The number of nitriles is 1. The summed E-state index contributed by atoms with van der Waals surface area (Å²) < 4.78 is 1.07. The molecule has 2 rings (SSSR count).